The molecule has 1 aliphatic heterocycles. The van der Waals surface area contributed by atoms with Crippen molar-refractivity contribution in [1.29, 1.82) is 0 Å². The van der Waals surface area contributed by atoms with E-state index in [-0.39, 0.29) is 12.4 Å². The molecule has 1 saturated heterocycles. The molecule has 0 aromatic heterocycles. The highest BCUT2D eigenvalue weighted by molar-refractivity contribution is 8.00. The number of hydrogen-bond acceptors (Lipinski definition) is 7. The summed E-state index contributed by atoms with van der Waals surface area (Å²) >= 11 is 1.03. The van der Waals surface area contributed by atoms with Crippen LogP contribution < -0.4 is 4.74 Å². The van der Waals surface area contributed by atoms with Gasteiger partial charge < -0.3 is 25.2 Å². The lowest BCUT2D eigenvalue weighted by Gasteiger charge is -2.39. The molecule has 1 aliphatic rings. The van der Waals surface area contributed by atoms with E-state index >= 15 is 0 Å². The predicted molar refractivity (Wildman–Crippen MR) is 106 cm³/mol. The second kappa shape index (κ2) is 9.54. The summed E-state index contributed by atoms with van der Waals surface area (Å²) in [7, 11) is 0. The highest BCUT2D eigenvalue weighted by Gasteiger charge is 2.44. The Labute approximate surface area is 167 Å². The highest BCUT2D eigenvalue weighted by atomic mass is 32.2. The molecule has 0 bridgehead atoms. The fourth-order valence-corrected chi connectivity index (χ4v) is 4.36. The van der Waals surface area contributed by atoms with Crippen LogP contribution in [0.2, 0.25) is 0 Å². The third-order valence-corrected chi connectivity index (χ3v) is 6.18. The number of hydrogen-bond donors (Lipinski definition) is 4. The molecule has 7 heteroatoms. The summed E-state index contributed by atoms with van der Waals surface area (Å²) in [6.45, 7) is -0.368. The molecule has 28 heavy (non-hydrogen) atoms. The van der Waals surface area contributed by atoms with Crippen LogP contribution in [0.25, 0.3) is 0 Å². The second-order valence-corrected chi connectivity index (χ2v) is 8.06. The summed E-state index contributed by atoms with van der Waals surface area (Å²) in [5, 5.41) is 38.9. The Hall–Kier alpha value is -1.90. The molecule has 2 aromatic carbocycles. The van der Waals surface area contributed by atoms with Crippen LogP contribution >= 0.6 is 11.8 Å². The normalized spacial score (nSPS) is 27.4. The van der Waals surface area contributed by atoms with Gasteiger partial charge in [0.05, 0.1) is 23.5 Å². The standard InChI is InChI=1S/C21H24O6S/c22-12-17-18(24)19(25)20(26)21(28-17)27-16-9-5-4-8-14(16)15(23)11-10-13-6-2-1-3-7-13/h1-9,17-22,24-26H,10-12H2/t17-,18-,19?,20-,21-/m1/s1. The van der Waals surface area contributed by atoms with E-state index in [2.05, 4.69) is 0 Å². The van der Waals surface area contributed by atoms with Crippen molar-refractivity contribution in [1.82, 2.24) is 0 Å². The molecule has 0 aliphatic carbocycles. The summed E-state index contributed by atoms with van der Waals surface area (Å²) in [5.41, 5.74) is 0.543. The number of aliphatic hydroxyl groups is 4. The van der Waals surface area contributed by atoms with E-state index in [4.69, 9.17) is 4.74 Å². The van der Waals surface area contributed by atoms with Crippen LogP contribution in [0.3, 0.4) is 0 Å². The van der Waals surface area contributed by atoms with Crippen molar-refractivity contribution in [2.45, 2.75) is 41.8 Å². The van der Waals surface area contributed by atoms with E-state index in [1.165, 1.54) is 0 Å². The molecule has 0 radical (unpaired) electrons. The average molecular weight is 404 g/mol. The van der Waals surface area contributed by atoms with Crippen LogP contribution in [0.5, 0.6) is 5.75 Å². The van der Waals surface area contributed by atoms with Crippen LogP contribution in [0.4, 0.5) is 0 Å². The molecule has 5 atom stereocenters. The molecule has 1 heterocycles. The van der Waals surface area contributed by atoms with E-state index in [1.54, 1.807) is 24.3 Å². The average Bonchev–Trinajstić information content (AvgIpc) is 2.73. The number of thioether (sulfide) groups is 1. The van der Waals surface area contributed by atoms with Gasteiger partial charge in [-0.1, -0.05) is 42.5 Å². The van der Waals surface area contributed by atoms with E-state index in [0.29, 0.717) is 24.2 Å². The number of carbonyl (C=O) groups is 1. The summed E-state index contributed by atoms with van der Waals surface area (Å²) < 4.78 is 5.83. The van der Waals surface area contributed by atoms with Crippen molar-refractivity contribution in [3.8, 4) is 5.75 Å². The van der Waals surface area contributed by atoms with Crippen LogP contribution in [-0.2, 0) is 6.42 Å². The number of rotatable bonds is 7. The first-order valence-electron chi connectivity index (χ1n) is 9.14. The first-order chi connectivity index (χ1) is 13.5. The minimum Gasteiger partial charge on any atom is -0.476 e. The molecule has 3 rings (SSSR count). The minimum absolute atomic E-state index is 0.0888. The van der Waals surface area contributed by atoms with Crippen molar-refractivity contribution in [3.63, 3.8) is 0 Å². The molecule has 4 N–H and O–H groups in total. The van der Waals surface area contributed by atoms with Crippen molar-refractivity contribution >= 4 is 17.5 Å². The quantitative estimate of drug-likeness (QED) is 0.517. The van der Waals surface area contributed by atoms with Crippen molar-refractivity contribution in [3.05, 3.63) is 65.7 Å². The zero-order valence-corrected chi connectivity index (χ0v) is 16.0. The van der Waals surface area contributed by atoms with Gasteiger partial charge in [0.1, 0.15) is 18.0 Å². The number of benzene rings is 2. The molecule has 150 valence electrons. The van der Waals surface area contributed by atoms with Crippen molar-refractivity contribution in [2.24, 2.45) is 0 Å². The Balaban J connectivity index is 1.72. The molecule has 6 nitrogen and oxygen atoms in total. The van der Waals surface area contributed by atoms with Gasteiger partial charge in [0.25, 0.3) is 0 Å². The highest BCUT2D eigenvalue weighted by Crippen LogP contribution is 2.35. The maximum Gasteiger partial charge on any atom is 0.173 e. The van der Waals surface area contributed by atoms with Gasteiger partial charge in [-0.05, 0) is 24.1 Å². The molecule has 0 amide bonds. The van der Waals surface area contributed by atoms with Gasteiger partial charge in [0.2, 0.25) is 0 Å². The number of ether oxygens (including phenoxy) is 1. The maximum atomic E-state index is 12.7. The van der Waals surface area contributed by atoms with Gasteiger partial charge in [0.15, 0.2) is 11.2 Å². The lowest BCUT2D eigenvalue weighted by Crippen LogP contribution is -2.55. The van der Waals surface area contributed by atoms with Crippen LogP contribution in [0.1, 0.15) is 22.3 Å². The monoisotopic (exact) mass is 404 g/mol. The van der Waals surface area contributed by atoms with Crippen LogP contribution in [0.15, 0.2) is 54.6 Å². The first kappa shape index (κ1) is 20.8. The van der Waals surface area contributed by atoms with Gasteiger partial charge in [0, 0.05) is 6.42 Å². The van der Waals surface area contributed by atoms with Gasteiger partial charge in [-0.15, -0.1) is 11.8 Å². The molecule has 2 aromatic rings. The van der Waals surface area contributed by atoms with E-state index in [9.17, 15) is 25.2 Å². The minimum atomic E-state index is -1.44. The van der Waals surface area contributed by atoms with Crippen molar-refractivity contribution < 1.29 is 30.0 Å². The molecule has 0 saturated carbocycles. The third kappa shape index (κ3) is 4.74. The SMILES string of the molecule is O=C(CCc1ccccc1)c1ccccc1O[C@@H]1S[C@H](CO)[C@@H](O)C(O)[C@H]1O. The molecule has 1 unspecified atom stereocenters. The summed E-state index contributed by atoms with van der Waals surface area (Å²) in [6, 6.07) is 16.5. The Morgan fingerprint density at radius 2 is 1.61 bits per heavy atom. The topological polar surface area (TPSA) is 107 Å². The fourth-order valence-electron chi connectivity index (χ4n) is 3.13. The number of carbonyl (C=O) groups excluding carboxylic acids is 1. The summed E-state index contributed by atoms with van der Waals surface area (Å²) in [4.78, 5) is 12.7. The maximum absolute atomic E-state index is 12.7. The number of Topliss-reactive ketones (excluding diaryl/α,β-unsaturated/α-hetero) is 1. The third-order valence-electron chi connectivity index (χ3n) is 4.76. The second-order valence-electron chi connectivity index (χ2n) is 6.72. The Morgan fingerprint density at radius 1 is 0.929 bits per heavy atom. The van der Waals surface area contributed by atoms with E-state index in [0.717, 1.165) is 17.3 Å². The van der Waals surface area contributed by atoms with Gasteiger partial charge in [-0.2, -0.15) is 0 Å². The zero-order chi connectivity index (χ0) is 20.1. The fraction of sp³-hybridized carbons (Fsp3) is 0.381. The summed E-state index contributed by atoms with van der Waals surface area (Å²) in [6.07, 6.45) is -3.13. The van der Waals surface area contributed by atoms with E-state index in [1.807, 2.05) is 30.3 Å². The van der Waals surface area contributed by atoms with Gasteiger partial charge >= 0.3 is 0 Å². The Bertz CT molecular complexity index is 781. The van der Waals surface area contributed by atoms with Gasteiger partial charge in [-0.25, -0.2) is 0 Å². The molecular weight excluding hydrogens is 380 g/mol. The van der Waals surface area contributed by atoms with Gasteiger partial charge in [-0.3, -0.25) is 4.79 Å². The van der Waals surface area contributed by atoms with Crippen molar-refractivity contribution in [2.75, 3.05) is 6.61 Å². The first-order valence-corrected chi connectivity index (χ1v) is 10.1. The number of para-hydroxylation sites is 1. The molecular formula is C21H24O6S. The summed E-state index contributed by atoms with van der Waals surface area (Å²) in [5.74, 6) is 0.214. The molecule has 1 fully saturated rings. The number of ketones is 1. The largest absolute Gasteiger partial charge is 0.476 e. The number of aliphatic hydroxyl groups excluding tert-OH is 4. The van der Waals surface area contributed by atoms with Crippen LogP contribution in [-0.4, -0.2) is 61.8 Å². The number of aryl methyl sites for hydroxylation is 1. The predicted octanol–water partition coefficient (Wildman–Crippen LogP) is 1.40. The molecule has 0 spiro atoms. The van der Waals surface area contributed by atoms with Crippen LogP contribution in [0, 0.1) is 0 Å². The zero-order valence-electron chi connectivity index (χ0n) is 15.2. The Morgan fingerprint density at radius 3 is 2.32 bits per heavy atom. The lowest BCUT2D eigenvalue weighted by atomic mass is 10.0. The smallest absolute Gasteiger partial charge is 0.173 e. The lowest BCUT2D eigenvalue weighted by molar-refractivity contribution is -0.0909. The Kier molecular flexibility index (Phi) is 7.09. The van der Waals surface area contributed by atoms with E-state index < -0.39 is 29.0 Å².